The Hall–Kier alpha value is -0.490. The highest BCUT2D eigenvalue weighted by molar-refractivity contribution is 6.17. The topological polar surface area (TPSA) is 0 Å². The Bertz CT molecular complexity index is 263. The molecule has 1 rings (SSSR count). The van der Waals surface area contributed by atoms with E-state index in [1.807, 2.05) is 0 Å². The molecule has 0 aliphatic carbocycles. The van der Waals surface area contributed by atoms with Crippen LogP contribution in [0.15, 0.2) is 24.3 Å². The third kappa shape index (κ3) is 4.25. The third-order valence-corrected chi connectivity index (χ3v) is 3.13. The zero-order chi connectivity index (χ0) is 11.1. The Morgan fingerprint density at radius 2 is 1.87 bits per heavy atom. The van der Waals surface area contributed by atoms with Crippen LogP contribution in [-0.4, -0.2) is 5.88 Å². The molecule has 0 fully saturated rings. The second kappa shape index (κ2) is 6.90. The highest BCUT2D eigenvalue weighted by Gasteiger charge is 2.04. The SMILES string of the molecule is CCCCc1ccc(C(C)CCCl)cc1. The van der Waals surface area contributed by atoms with Crippen molar-refractivity contribution in [1.82, 2.24) is 0 Å². The lowest BCUT2D eigenvalue weighted by atomic mass is 9.96. The fourth-order valence-corrected chi connectivity index (χ4v) is 2.05. The Kier molecular flexibility index (Phi) is 5.78. The number of hydrogen-bond donors (Lipinski definition) is 0. The summed E-state index contributed by atoms with van der Waals surface area (Å²) in [6.45, 7) is 4.47. The van der Waals surface area contributed by atoms with Gasteiger partial charge in [-0.2, -0.15) is 0 Å². The van der Waals surface area contributed by atoms with Crippen LogP contribution in [0, 0.1) is 0 Å². The molecular weight excluding hydrogens is 204 g/mol. The van der Waals surface area contributed by atoms with Crippen molar-refractivity contribution in [3.8, 4) is 0 Å². The lowest BCUT2D eigenvalue weighted by molar-refractivity contribution is 0.736. The van der Waals surface area contributed by atoms with E-state index in [2.05, 4.69) is 38.1 Å². The largest absolute Gasteiger partial charge is 0.127 e. The maximum atomic E-state index is 5.75. The van der Waals surface area contributed by atoms with Crippen molar-refractivity contribution in [3.05, 3.63) is 35.4 Å². The lowest BCUT2D eigenvalue weighted by Crippen LogP contribution is -1.95. The number of alkyl halides is 1. The van der Waals surface area contributed by atoms with Crippen molar-refractivity contribution in [3.63, 3.8) is 0 Å². The molecule has 1 heteroatoms. The molecule has 0 N–H and O–H groups in total. The number of benzene rings is 1. The highest BCUT2D eigenvalue weighted by Crippen LogP contribution is 2.20. The molecule has 0 saturated heterocycles. The van der Waals surface area contributed by atoms with Gasteiger partial charge in [-0.3, -0.25) is 0 Å². The van der Waals surface area contributed by atoms with Gasteiger partial charge in [-0.05, 0) is 36.3 Å². The van der Waals surface area contributed by atoms with Crippen molar-refractivity contribution >= 4 is 11.6 Å². The second-order valence-electron chi connectivity index (χ2n) is 4.22. The van der Waals surface area contributed by atoms with E-state index in [4.69, 9.17) is 11.6 Å². The van der Waals surface area contributed by atoms with Gasteiger partial charge in [-0.15, -0.1) is 11.6 Å². The first-order valence-electron chi connectivity index (χ1n) is 5.92. The quantitative estimate of drug-likeness (QED) is 0.611. The van der Waals surface area contributed by atoms with Crippen LogP contribution < -0.4 is 0 Å². The first-order valence-corrected chi connectivity index (χ1v) is 6.46. The molecule has 0 bridgehead atoms. The summed E-state index contributed by atoms with van der Waals surface area (Å²) in [5, 5.41) is 0. The van der Waals surface area contributed by atoms with Crippen LogP contribution in [0.3, 0.4) is 0 Å². The summed E-state index contributed by atoms with van der Waals surface area (Å²) in [7, 11) is 0. The van der Waals surface area contributed by atoms with Crippen molar-refractivity contribution in [2.75, 3.05) is 5.88 Å². The molecule has 0 saturated carbocycles. The summed E-state index contributed by atoms with van der Waals surface area (Å²) in [6, 6.07) is 9.02. The first kappa shape index (κ1) is 12.6. The Labute approximate surface area is 98.7 Å². The minimum absolute atomic E-state index is 0.586. The molecule has 1 atom stereocenters. The van der Waals surface area contributed by atoms with E-state index in [0.717, 1.165) is 12.3 Å². The number of rotatable bonds is 6. The molecule has 0 aliphatic heterocycles. The third-order valence-electron chi connectivity index (χ3n) is 2.91. The number of hydrogen-bond acceptors (Lipinski definition) is 0. The average Bonchev–Trinajstić information content (AvgIpc) is 2.27. The summed E-state index contributed by atoms with van der Waals surface area (Å²) < 4.78 is 0. The van der Waals surface area contributed by atoms with E-state index >= 15 is 0 Å². The Morgan fingerprint density at radius 1 is 1.20 bits per heavy atom. The van der Waals surface area contributed by atoms with Crippen LogP contribution in [-0.2, 0) is 6.42 Å². The molecule has 1 aromatic carbocycles. The normalized spacial score (nSPS) is 12.7. The zero-order valence-electron chi connectivity index (χ0n) is 9.80. The van der Waals surface area contributed by atoms with Crippen molar-refractivity contribution in [2.45, 2.75) is 45.4 Å². The van der Waals surface area contributed by atoms with E-state index in [1.54, 1.807) is 0 Å². The number of aryl methyl sites for hydroxylation is 1. The van der Waals surface area contributed by atoms with Crippen LogP contribution in [0.25, 0.3) is 0 Å². The second-order valence-corrected chi connectivity index (χ2v) is 4.60. The minimum atomic E-state index is 0.586. The minimum Gasteiger partial charge on any atom is -0.127 e. The van der Waals surface area contributed by atoms with Gasteiger partial charge in [0.2, 0.25) is 0 Å². The van der Waals surface area contributed by atoms with Gasteiger partial charge >= 0.3 is 0 Å². The molecule has 1 unspecified atom stereocenters. The molecule has 0 nitrogen and oxygen atoms in total. The molecule has 84 valence electrons. The first-order chi connectivity index (χ1) is 7.27. The molecule has 0 radical (unpaired) electrons. The van der Waals surface area contributed by atoms with E-state index < -0.39 is 0 Å². The standard InChI is InChI=1S/C14H21Cl/c1-3-4-5-13-6-8-14(9-7-13)12(2)10-11-15/h6-9,12H,3-5,10-11H2,1-2H3. The van der Waals surface area contributed by atoms with Crippen molar-refractivity contribution in [1.29, 1.82) is 0 Å². The van der Waals surface area contributed by atoms with Crippen molar-refractivity contribution in [2.24, 2.45) is 0 Å². The van der Waals surface area contributed by atoms with Gasteiger partial charge in [0, 0.05) is 5.88 Å². The summed E-state index contributed by atoms with van der Waals surface area (Å²) in [6.07, 6.45) is 4.83. The van der Waals surface area contributed by atoms with Gasteiger partial charge in [0.05, 0.1) is 0 Å². The van der Waals surface area contributed by atoms with E-state index in [9.17, 15) is 0 Å². The van der Waals surface area contributed by atoms with Crippen LogP contribution in [0.1, 0.15) is 50.2 Å². The van der Waals surface area contributed by atoms with Gasteiger partial charge in [-0.1, -0.05) is 44.5 Å². The maximum absolute atomic E-state index is 5.75. The Balaban J connectivity index is 2.55. The Morgan fingerprint density at radius 3 is 2.40 bits per heavy atom. The highest BCUT2D eigenvalue weighted by atomic mass is 35.5. The summed E-state index contributed by atoms with van der Waals surface area (Å²) >= 11 is 5.75. The molecular formula is C14H21Cl. The van der Waals surface area contributed by atoms with Gasteiger partial charge < -0.3 is 0 Å². The molecule has 0 aromatic heterocycles. The monoisotopic (exact) mass is 224 g/mol. The fraction of sp³-hybridized carbons (Fsp3) is 0.571. The van der Waals surface area contributed by atoms with E-state index in [-0.39, 0.29) is 0 Å². The van der Waals surface area contributed by atoms with Crippen LogP contribution >= 0.6 is 11.6 Å². The van der Waals surface area contributed by atoms with E-state index in [1.165, 1.54) is 30.4 Å². The van der Waals surface area contributed by atoms with E-state index in [0.29, 0.717) is 5.92 Å². The predicted molar refractivity (Wildman–Crippen MR) is 68.8 cm³/mol. The summed E-state index contributed by atoms with van der Waals surface area (Å²) in [5.41, 5.74) is 2.87. The fourth-order valence-electron chi connectivity index (χ4n) is 1.72. The van der Waals surface area contributed by atoms with Gasteiger partial charge in [0.25, 0.3) is 0 Å². The molecule has 0 amide bonds. The molecule has 1 aromatic rings. The average molecular weight is 225 g/mol. The molecule has 0 aliphatic rings. The zero-order valence-corrected chi connectivity index (χ0v) is 10.6. The van der Waals surface area contributed by atoms with Crippen LogP contribution in [0.5, 0.6) is 0 Å². The molecule has 15 heavy (non-hydrogen) atoms. The summed E-state index contributed by atoms with van der Waals surface area (Å²) in [5.74, 6) is 1.33. The maximum Gasteiger partial charge on any atom is 0.0229 e. The summed E-state index contributed by atoms with van der Waals surface area (Å²) in [4.78, 5) is 0. The molecule has 0 heterocycles. The van der Waals surface area contributed by atoms with Crippen LogP contribution in [0.2, 0.25) is 0 Å². The lowest BCUT2D eigenvalue weighted by Gasteiger charge is -2.10. The van der Waals surface area contributed by atoms with Gasteiger partial charge in [0.15, 0.2) is 0 Å². The number of halogens is 1. The van der Waals surface area contributed by atoms with Crippen LogP contribution in [0.4, 0.5) is 0 Å². The van der Waals surface area contributed by atoms with Gasteiger partial charge in [-0.25, -0.2) is 0 Å². The predicted octanol–water partition coefficient (Wildman–Crippen LogP) is 4.76. The van der Waals surface area contributed by atoms with Gasteiger partial charge in [0.1, 0.15) is 0 Å². The van der Waals surface area contributed by atoms with Crippen molar-refractivity contribution < 1.29 is 0 Å². The molecule has 0 spiro atoms. The number of unbranched alkanes of at least 4 members (excludes halogenated alkanes) is 1. The smallest absolute Gasteiger partial charge is 0.0229 e.